The number of hydrogen-bond acceptors (Lipinski definition) is 5. The molecular formula is C10H11N3O2. The molecule has 0 aliphatic carbocycles. The second-order valence-electron chi connectivity index (χ2n) is 3.62. The van der Waals surface area contributed by atoms with Crippen molar-refractivity contribution in [1.29, 1.82) is 0 Å². The van der Waals surface area contributed by atoms with E-state index in [-0.39, 0.29) is 6.79 Å². The van der Waals surface area contributed by atoms with Crippen molar-refractivity contribution in [3.8, 4) is 11.5 Å². The summed E-state index contributed by atoms with van der Waals surface area (Å²) in [6.45, 7) is 2.82. The average molecular weight is 205 g/mol. The molecule has 0 atom stereocenters. The molecule has 1 aromatic rings. The van der Waals surface area contributed by atoms with Gasteiger partial charge >= 0.3 is 0 Å². The number of nitrogens with two attached hydrogens (primary N) is 1. The first kappa shape index (κ1) is 8.55. The number of nitrogens with zero attached hydrogens (tertiary/aromatic N) is 2. The molecule has 15 heavy (non-hydrogen) atoms. The van der Waals surface area contributed by atoms with Crippen LogP contribution in [0.2, 0.25) is 0 Å². The highest BCUT2D eigenvalue weighted by Crippen LogP contribution is 2.39. The van der Waals surface area contributed by atoms with Crippen LogP contribution in [-0.2, 0) is 6.54 Å². The predicted octanol–water partition coefficient (Wildman–Crippen LogP) is 1.15. The lowest BCUT2D eigenvalue weighted by Gasteiger charge is -2.24. The molecule has 0 fully saturated rings. The van der Waals surface area contributed by atoms with Crippen molar-refractivity contribution < 1.29 is 9.47 Å². The molecule has 2 heterocycles. The van der Waals surface area contributed by atoms with Gasteiger partial charge in [0.1, 0.15) is 5.84 Å². The highest BCUT2D eigenvalue weighted by Gasteiger charge is 2.21. The maximum absolute atomic E-state index is 5.77. The molecule has 2 aliphatic rings. The van der Waals surface area contributed by atoms with Crippen LogP contribution in [0.5, 0.6) is 11.5 Å². The molecular weight excluding hydrogens is 194 g/mol. The number of benzene rings is 1. The first-order valence-corrected chi connectivity index (χ1v) is 4.74. The van der Waals surface area contributed by atoms with Gasteiger partial charge in [0.15, 0.2) is 11.5 Å². The molecule has 0 bridgehead atoms. The van der Waals surface area contributed by atoms with Crippen molar-refractivity contribution in [3.63, 3.8) is 0 Å². The van der Waals surface area contributed by atoms with Gasteiger partial charge in [0.25, 0.3) is 0 Å². The van der Waals surface area contributed by atoms with Crippen LogP contribution in [0.4, 0.5) is 5.69 Å². The maximum Gasteiger partial charge on any atom is 0.231 e. The summed E-state index contributed by atoms with van der Waals surface area (Å²) < 4.78 is 10.6. The Bertz CT molecular complexity index is 456. The summed E-state index contributed by atoms with van der Waals surface area (Å²) in [5, 5.41) is 1.62. The minimum Gasteiger partial charge on any atom is -0.454 e. The van der Waals surface area contributed by atoms with E-state index < -0.39 is 0 Å². The third-order valence-electron chi connectivity index (χ3n) is 2.61. The van der Waals surface area contributed by atoms with Crippen molar-refractivity contribution in [2.45, 2.75) is 13.5 Å². The lowest BCUT2D eigenvalue weighted by Crippen LogP contribution is -2.36. The highest BCUT2D eigenvalue weighted by atomic mass is 16.7. The second-order valence-corrected chi connectivity index (χ2v) is 3.62. The number of fused-ring (bicyclic) bond motifs is 2. The largest absolute Gasteiger partial charge is 0.454 e. The molecule has 0 spiro atoms. The zero-order chi connectivity index (χ0) is 10.4. The van der Waals surface area contributed by atoms with Crippen molar-refractivity contribution in [2.75, 3.05) is 6.79 Å². The first-order valence-electron chi connectivity index (χ1n) is 4.74. The van der Waals surface area contributed by atoms with Gasteiger partial charge in [-0.1, -0.05) is 0 Å². The quantitative estimate of drug-likeness (QED) is 0.645. The van der Waals surface area contributed by atoms with E-state index in [1.807, 2.05) is 19.1 Å². The highest BCUT2D eigenvalue weighted by molar-refractivity contribution is 5.84. The molecule has 1 aromatic carbocycles. The zero-order valence-corrected chi connectivity index (χ0v) is 8.36. The van der Waals surface area contributed by atoms with Crippen LogP contribution in [-0.4, -0.2) is 17.6 Å². The summed E-state index contributed by atoms with van der Waals surface area (Å²) >= 11 is 0. The molecule has 0 aromatic heterocycles. The minimum absolute atomic E-state index is 0.285. The predicted molar refractivity (Wildman–Crippen MR) is 55.1 cm³/mol. The van der Waals surface area contributed by atoms with E-state index in [2.05, 4.69) is 4.99 Å². The zero-order valence-electron chi connectivity index (χ0n) is 8.36. The van der Waals surface area contributed by atoms with E-state index in [4.69, 9.17) is 15.3 Å². The Kier molecular flexibility index (Phi) is 1.63. The molecule has 0 saturated carbocycles. The Labute approximate surface area is 87.1 Å². The van der Waals surface area contributed by atoms with Gasteiger partial charge in [-0.3, -0.25) is 5.01 Å². The number of amidine groups is 1. The van der Waals surface area contributed by atoms with Crippen molar-refractivity contribution >= 4 is 11.5 Å². The van der Waals surface area contributed by atoms with Gasteiger partial charge in [0, 0.05) is 11.6 Å². The second kappa shape index (κ2) is 2.87. The van der Waals surface area contributed by atoms with Crippen LogP contribution in [0.15, 0.2) is 17.1 Å². The molecule has 0 amide bonds. The molecule has 78 valence electrons. The Morgan fingerprint density at radius 2 is 2.07 bits per heavy atom. The molecule has 5 heteroatoms. The fourth-order valence-electron chi connectivity index (χ4n) is 1.74. The molecule has 0 unspecified atom stereocenters. The van der Waals surface area contributed by atoms with Gasteiger partial charge in [-0.2, -0.15) is 0 Å². The molecule has 2 aliphatic heterocycles. The summed E-state index contributed by atoms with van der Waals surface area (Å²) in [7, 11) is 0. The van der Waals surface area contributed by atoms with E-state index in [1.54, 1.807) is 5.01 Å². The van der Waals surface area contributed by atoms with E-state index in [1.165, 1.54) is 0 Å². The summed E-state index contributed by atoms with van der Waals surface area (Å²) in [6.07, 6.45) is 0. The number of ether oxygens (including phenoxy) is 2. The normalized spacial score (nSPS) is 17.5. The topological polar surface area (TPSA) is 60.1 Å². The lowest BCUT2D eigenvalue weighted by molar-refractivity contribution is 0.174. The van der Waals surface area contributed by atoms with Crippen molar-refractivity contribution in [3.05, 3.63) is 17.7 Å². The van der Waals surface area contributed by atoms with Crippen LogP contribution in [0, 0.1) is 0 Å². The van der Waals surface area contributed by atoms with Gasteiger partial charge < -0.3 is 9.47 Å². The SMILES string of the molecule is CC1=Nc2cc3c(cc2CN1N)OCO3. The Hall–Kier alpha value is -1.75. The third kappa shape index (κ3) is 1.24. The van der Waals surface area contributed by atoms with Gasteiger partial charge in [0.05, 0.1) is 12.2 Å². The standard InChI is InChI=1S/C10H11N3O2/c1-6-12-8-3-10-9(14-5-15-10)2-7(8)4-13(6)11/h2-3H,4-5,11H2,1H3. The fourth-order valence-corrected chi connectivity index (χ4v) is 1.74. The van der Waals surface area contributed by atoms with Gasteiger partial charge in [-0.25, -0.2) is 10.8 Å². The molecule has 0 radical (unpaired) electrons. The maximum atomic E-state index is 5.77. The third-order valence-corrected chi connectivity index (χ3v) is 2.61. The summed E-state index contributed by atoms with van der Waals surface area (Å²) in [5.74, 6) is 8.11. The summed E-state index contributed by atoms with van der Waals surface area (Å²) in [6, 6.07) is 3.83. The van der Waals surface area contributed by atoms with Crippen molar-refractivity contribution in [2.24, 2.45) is 10.8 Å². The molecule has 3 rings (SSSR count). The number of aliphatic imine (C=N–C) groups is 1. The molecule has 0 saturated heterocycles. The van der Waals surface area contributed by atoms with Gasteiger partial charge in [0.2, 0.25) is 6.79 Å². The van der Waals surface area contributed by atoms with Gasteiger partial charge in [-0.15, -0.1) is 0 Å². The Balaban J connectivity index is 2.13. The average Bonchev–Trinajstić information content (AvgIpc) is 2.63. The first-order chi connectivity index (χ1) is 7.24. The number of hydrogen-bond donors (Lipinski definition) is 1. The lowest BCUT2D eigenvalue weighted by atomic mass is 10.1. The van der Waals surface area contributed by atoms with E-state index >= 15 is 0 Å². The molecule has 5 nitrogen and oxygen atoms in total. The van der Waals surface area contributed by atoms with Crippen LogP contribution in [0.3, 0.4) is 0 Å². The van der Waals surface area contributed by atoms with E-state index in [0.29, 0.717) is 6.54 Å². The number of hydrazine groups is 1. The van der Waals surface area contributed by atoms with Crippen LogP contribution < -0.4 is 15.3 Å². The fraction of sp³-hybridized carbons (Fsp3) is 0.300. The van der Waals surface area contributed by atoms with E-state index in [0.717, 1.165) is 28.6 Å². The van der Waals surface area contributed by atoms with Crippen molar-refractivity contribution in [1.82, 2.24) is 5.01 Å². The Morgan fingerprint density at radius 3 is 2.87 bits per heavy atom. The number of rotatable bonds is 0. The van der Waals surface area contributed by atoms with Crippen LogP contribution >= 0.6 is 0 Å². The summed E-state index contributed by atoms with van der Waals surface area (Å²) in [4.78, 5) is 4.39. The van der Waals surface area contributed by atoms with Crippen LogP contribution in [0.1, 0.15) is 12.5 Å². The monoisotopic (exact) mass is 205 g/mol. The summed E-state index contributed by atoms with van der Waals surface area (Å²) in [5.41, 5.74) is 1.98. The van der Waals surface area contributed by atoms with Gasteiger partial charge in [-0.05, 0) is 13.0 Å². The van der Waals surface area contributed by atoms with E-state index in [9.17, 15) is 0 Å². The smallest absolute Gasteiger partial charge is 0.231 e. The molecule has 2 N–H and O–H groups in total. The Morgan fingerprint density at radius 1 is 1.33 bits per heavy atom. The minimum atomic E-state index is 0.285. The van der Waals surface area contributed by atoms with Crippen LogP contribution in [0.25, 0.3) is 0 Å².